The van der Waals surface area contributed by atoms with E-state index in [0.717, 1.165) is 4.90 Å². The zero-order valence-electron chi connectivity index (χ0n) is 9.11. The van der Waals surface area contributed by atoms with Crippen molar-refractivity contribution in [3.05, 3.63) is 40.4 Å². The second kappa shape index (κ2) is 4.88. The fourth-order valence-electron chi connectivity index (χ4n) is 1.27. The second-order valence-corrected chi connectivity index (χ2v) is 4.44. The molecule has 1 heterocycles. The number of non-ortho nitro benzene ring substituents is 1. The minimum atomic E-state index is -0.449. The number of benzene rings is 1. The van der Waals surface area contributed by atoms with E-state index in [2.05, 4.69) is 9.97 Å². The van der Waals surface area contributed by atoms with Crippen molar-refractivity contribution in [2.45, 2.75) is 9.92 Å². The monoisotopic (exact) mass is 263 g/mol. The Hall–Kier alpha value is -2.35. The number of hydrogen-bond donors (Lipinski definition) is 2. The van der Waals surface area contributed by atoms with Crippen LogP contribution in [-0.2, 0) is 0 Å². The van der Waals surface area contributed by atoms with Crippen molar-refractivity contribution in [3.8, 4) is 0 Å². The fourth-order valence-corrected chi connectivity index (χ4v) is 2.10. The normalized spacial score (nSPS) is 10.2. The van der Waals surface area contributed by atoms with Gasteiger partial charge >= 0.3 is 0 Å². The van der Waals surface area contributed by atoms with Crippen molar-refractivity contribution >= 4 is 29.2 Å². The number of anilines is 2. The molecule has 92 valence electrons. The number of nitrogens with zero attached hydrogens (tertiary/aromatic N) is 3. The van der Waals surface area contributed by atoms with Crippen LogP contribution in [0.1, 0.15) is 0 Å². The van der Waals surface area contributed by atoms with Crippen molar-refractivity contribution in [1.82, 2.24) is 9.97 Å². The molecule has 0 atom stereocenters. The fraction of sp³-hybridized carbons (Fsp3) is 0. The Labute approximate surface area is 106 Å². The highest BCUT2D eigenvalue weighted by Crippen LogP contribution is 2.28. The molecule has 2 rings (SSSR count). The first-order valence-corrected chi connectivity index (χ1v) is 5.68. The van der Waals surface area contributed by atoms with Gasteiger partial charge in [0.05, 0.1) is 4.92 Å². The van der Waals surface area contributed by atoms with Gasteiger partial charge in [-0.15, -0.1) is 0 Å². The highest BCUT2D eigenvalue weighted by Gasteiger charge is 2.06. The highest BCUT2D eigenvalue weighted by atomic mass is 32.2. The van der Waals surface area contributed by atoms with Gasteiger partial charge in [0.2, 0.25) is 5.95 Å². The van der Waals surface area contributed by atoms with Crippen LogP contribution in [0, 0.1) is 10.1 Å². The number of aromatic nitrogens is 2. The number of nitro groups is 1. The topological polar surface area (TPSA) is 121 Å². The van der Waals surface area contributed by atoms with Gasteiger partial charge < -0.3 is 11.5 Å². The summed E-state index contributed by atoms with van der Waals surface area (Å²) in [5.41, 5.74) is 11.1. The lowest BCUT2D eigenvalue weighted by molar-refractivity contribution is -0.384. The van der Waals surface area contributed by atoms with Crippen molar-refractivity contribution in [3.63, 3.8) is 0 Å². The molecule has 7 nitrogen and oxygen atoms in total. The van der Waals surface area contributed by atoms with E-state index in [9.17, 15) is 10.1 Å². The predicted molar refractivity (Wildman–Crippen MR) is 68.1 cm³/mol. The molecule has 0 aliphatic carbocycles. The predicted octanol–water partition coefficient (Wildman–Crippen LogP) is 1.70. The minimum absolute atomic E-state index is 0.0427. The maximum absolute atomic E-state index is 10.5. The van der Waals surface area contributed by atoms with E-state index >= 15 is 0 Å². The first kappa shape index (κ1) is 12.1. The lowest BCUT2D eigenvalue weighted by Gasteiger charge is -2.02. The van der Waals surface area contributed by atoms with Gasteiger partial charge in [-0.2, -0.15) is 4.98 Å². The summed E-state index contributed by atoms with van der Waals surface area (Å²) >= 11 is 1.30. The summed E-state index contributed by atoms with van der Waals surface area (Å²) in [6.45, 7) is 0. The molecule has 18 heavy (non-hydrogen) atoms. The smallest absolute Gasteiger partial charge is 0.269 e. The van der Waals surface area contributed by atoms with Crippen LogP contribution in [0.2, 0.25) is 0 Å². The molecule has 0 unspecified atom stereocenters. The van der Waals surface area contributed by atoms with E-state index in [0.29, 0.717) is 5.03 Å². The molecule has 0 saturated heterocycles. The van der Waals surface area contributed by atoms with Crippen molar-refractivity contribution < 1.29 is 4.92 Å². The Morgan fingerprint density at radius 2 is 1.83 bits per heavy atom. The van der Waals surface area contributed by atoms with E-state index in [1.807, 2.05) is 0 Å². The van der Waals surface area contributed by atoms with E-state index in [4.69, 9.17) is 11.5 Å². The Kier molecular flexibility index (Phi) is 3.28. The van der Waals surface area contributed by atoms with Crippen molar-refractivity contribution in [1.29, 1.82) is 0 Å². The van der Waals surface area contributed by atoms with Gasteiger partial charge in [-0.3, -0.25) is 10.1 Å². The lowest BCUT2D eigenvalue weighted by Crippen LogP contribution is -1.99. The molecule has 0 aliphatic rings. The van der Waals surface area contributed by atoms with Gasteiger partial charge in [-0.25, -0.2) is 4.98 Å². The zero-order chi connectivity index (χ0) is 13.1. The van der Waals surface area contributed by atoms with Gasteiger partial charge in [-0.05, 0) is 12.1 Å². The summed E-state index contributed by atoms with van der Waals surface area (Å²) < 4.78 is 0. The van der Waals surface area contributed by atoms with Crippen LogP contribution in [0.25, 0.3) is 0 Å². The Bertz CT molecular complexity index is 567. The highest BCUT2D eigenvalue weighted by molar-refractivity contribution is 7.99. The molecule has 0 radical (unpaired) electrons. The number of nitrogen functional groups attached to an aromatic ring is 2. The van der Waals surface area contributed by atoms with Crippen LogP contribution in [0.5, 0.6) is 0 Å². The molecule has 2 aromatic rings. The van der Waals surface area contributed by atoms with Gasteiger partial charge in [0.1, 0.15) is 10.8 Å². The summed E-state index contributed by atoms with van der Waals surface area (Å²) in [5.74, 6) is 0.381. The van der Waals surface area contributed by atoms with E-state index < -0.39 is 4.92 Å². The first-order valence-electron chi connectivity index (χ1n) is 4.87. The molecular weight excluding hydrogens is 254 g/mol. The molecule has 0 saturated carbocycles. The molecule has 4 N–H and O–H groups in total. The van der Waals surface area contributed by atoms with Gasteiger partial charge in [0.15, 0.2) is 0 Å². The summed E-state index contributed by atoms with van der Waals surface area (Å²) in [7, 11) is 0. The van der Waals surface area contributed by atoms with E-state index in [1.165, 1.54) is 23.9 Å². The van der Waals surface area contributed by atoms with Crippen LogP contribution in [-0.4, -0.2) is 14.9 Å². The summed E-state index contributed by atoms with van der Waals surface area (Å²) in [6, 6.07) is 7.71. The lowest BCUT2D eigenvalue weighted by atomic mass is 10.3. The maximum Gasteiger partial charge on any atom is 0.269 e. The number of nitro benzene ring substituents is 1. The number of rotatable bonds is 3. The van der Waals surface area contributed by atoms with Crippen LogP contribution in [0.4, 0.5) is 17.5 Å². The van der Waals surface area contributed by atoms with Gasteiger partial charge in [-0.1, -0.05) is 11.8 Å². The summed E-state index contributed by atoms with van der Waals surface area (Å²) in [5, 5.41) is 11.1. The van der Waals surface area contributed by atoms with E-state index in [1.54, 1.807) is 18.2 Å². The third-order valence-corrected chi connectivity index (χ3v) is 2.94. The molecule has 0 amide bonds. The standard InChI is InChI=1S/C10H9N5O2S/c11-8-5-9(14-10(12)13-8)18-7-3-1-6(2-4-7)15(16)17/h1-5H,(H4,11,12,13,14). The quantitative estimate of drug-likeness (QED) is 0.491. The van der Waals surface area contributed by atoms with Crippen LogP contribution in [0.3, 0.4) is 0 Å². The van der Waals surface area contributed by atoms with Gasteiger partial charge in [0, 0.05) is 23.1 Å². The van der Waals surface area contributed by atoms with Crippen LogP contribution >= 0.6 is 11.8 Å². The first-order chi connectivity index (χ1) is 8.54. The Morgan fingerprint density at radius 3 is 2.39 bits per heavy atom. The molecular formula is C10H9N5O2S. The second-order valence-electron chi connectivity index (χ2n) is 3.34. The molecule has 1 aromatic carbocycles. The van der Waals surface area contributed by atoms with Crippen molar-refractivity contribution in [2.75, 3.05) is 11.5 Å². The molecule has 8 heteroatoms. The van der Waals surface area contributed by atoms with Crippen LogP contribution in [0.15, 0.2) is 40.3 Å². The minimum Gasteiger partial charge on any atom is -0.383 e. The van der Waals surface area contributed by atoms with Crippen LogP contribution < -0.4 is 11.5 Å². The number of nitrogens with two attached hydrogens (primary N) is 2. The Balaban J connectivity index is 2.20. The van der Waals surface area contributed by atoms with Gasteiger partial charge in [0.25, 0.3) is 5.69 Å². The number of hydrogen-bond acceptors (Lipinski definition) is 7. The van der Waals surface area contributed by atoms with Crippen molar-refractivity contribution in [2.24, 2.45) is 0 Å². The average Bonchev–Trinajstić information content (AvgIpc) is 2.28. The van der Waals surface area contributed by atoms with E-state index in [-0.39, 0.29) is 17.5 Å². The Morgan fingerprint density at radius 1 is 1.17 bits per heavy atom. The summed E-state index contributed by atoms with van der Waals surface area (Å²) in [4.78, 5) is 18.6. The zero-order valence-corrected chi connectivity index (χ0v) is 9.92. The SMILES string of the molecule is Nc1cc(Sc2ccc([N+](=O)[O-])cc2)nc(N)n1. The average molecular weight is 263 g/mol. The largest absolute Gasteiger partial charge is 0.383 e. The molecule has 0 spiro atoms. The summed E-state index contributed by atoms with van der Waals surface area (Å²) in [6.07, 6.45) is 0. The molecule has 0 aliphatic heterocycles. The third kappa shape index (κ3) is 2.86. The molecule has 0 bridgehead atoms. The maximum atomic E-state index is 10.5. The third-order valence-electron chi connectivity index (χ3n) is 2.01. The molecule has 0 fully saturated rings. The molecule has 1 aromatic heterocycles.